The highest BCUT2D eigenvalue weighted by Crippen LogP contribution is 2.25. The molecule has 0 aromatic heterocycles. The summed E-state index contributed by atoms with van der Waals surface area (Å²) in [6, 6.07) is 5.55. The minimum atomic E-state index is -0.552. The van der Waals surface area contributed by atoms with Crippen molar-refractivity contribution >= 4 is 23.2 Å². The lowest BCUT2D eigenvalue weighted by atomic mass is 10.1. The maximum atomic E-state index is 12.2. The van der Waals surface area contributed by atoms with Gasteiger partial charge < -0.3 is 14.7 Å². The van der Waals surface area contributed by atoms with E-state index in [-0.39, 0.29) is 12.5 Å². The number of anilines is 1. The van der Waals surface area contributed by atoms with Crippen molar-refractivity contribution < 1.29 is 14.6 Å². The van der Waals surface area contributed by atoms with Crippen LogP contribution in [0.1, 0.15) is 12.0 Å². The van der Waals surface area contributed by atoms with E-state index in [0.717, 1.165) is 11.3 Å². The van der Waals surface area contributed by atoms with Gasteiger partial charge in [0.15, 0.2) is 0 Å². The molecule has 1 aliphatic rings. The number of rotatable bonds is 3. The normalized spacial score (nSPS) is 20.3. The molecule has 1 aliphatic heterocycles. The number of aryl methyl sites for hydroxylation is 1. The van der Waals surface area contributed by atoms with Gasteiger partial charge in [-0.05, 0) is 24.6 Å². The molecule has 0 bridgehead atoms. The highest BCUT2D eigenvalue weighted by Gasteiger charge is 2.30. The fourth-order valence-electron chi connectivity index (χ4n) is 1.97. The van der Waals surface area contributed by atoms with E-state index in [2.05, 4.69) is 0 Å². The standard InChI is InChI=1S/C13H16ClNO3/c1-9-2-3-10(8-11(9)14)15-5-7-18-12(4-6-16)13(15)17/h2-3,8,12,16H,4-7H2,1H3. The Morgan fingerprint density at radius 2 is 2.33 bits per heavy atom. The van der Waals surface area contributed by atoms with Gasteiger partial charge in [-0.15, -0.1) is 0 Å². The Kier molecular flexibility index (Phi) is 4.22. The molecule has 18 heavy (non-hydrogen) atoms. The van der Waals surface area contributed by atoms with Gasteiger partial charge in [-0.2, -0.15) is 0 Å². The third kappa shape index (κ3) is 2.66. The number of aliphatic hydroxyl groups excluding tert-OH is 1. The molecule has 1 N–H and O–H groups in total. The fraction of sp³-hybridized carbons (Fsp3) is 0.462. The van der Waals surface area contributed by atoms with Crippen LogP contribution < -0.4 is 4.90 Å². The van der Waals surface area contributed by atoms with Gasteiger partial charge >= 0.3 is 0 Å². The van der Waals surface area contributed by atoms with Crippen LogP contribution >= 0.6 is 11.6 Å². The smallest absolute Gasteiger partial charge is 0.256 e. The second kappa shape index (κ2) is 5.69. The monoisotopic (exact) mass is 269 g/mol. The lowest BCUT2D eigenvalue weighted by Crippen LogP contribution is -2.48. The number of hydrogen-bond acceptors (Lipinski definition) is 3. The zero-order valence-corrected chi connectivity index (χ0v) is 11.0. The maximum Gasteiger partial charge on any atom is 0.256 e. The summed E-state index contributed by atoms with van der Waals surface area (Å²) in [6.07, 6.45) is -0.224. The first kappa shape index (κ1) is 13.3. The average molecular weight is 270 g/mol. The predicted molar refractivity (Wildman–Crippen MR) is 70.0 cm³/mol. The van der Waals surface area contributed by atoms with Crippen LogP contribution in [-0.4, -0.2) is 36.9 Å². The van der Waals surface area contributed by atoms with E-state index in [4.69, 9.17) is 21.4 Å². The molecule has 1 fully saturated rings. The average Bonchev–Trinajstić information content (AvgIpc) is 2.36. The third-order valence-electron chi connectivity index (χ3n) is 3.03. The summed E-state index contributed by atoms with van der Waals surface area (Å²) in [5.74, 6) is -0.116. The second-order valence-corrected chi connectivity index (χ2v) is 4.70. The van der Waals surface area contributed by atoms with Crippen LogP contribution in [0.15, 0.2) is 18.2 Å². The molecule has 1 unspecified atom stereocenters. The zero-order valence-electron chi connectivity index (χ0n) is 10.2. The van der Waals surface area contributed by atoms with Gasteiger partial charge in [0.2, 0.25) is 0 Å². The van der Waals surface area contributed by atoms with Crippen molar-refractivity contribution in [2.75, 3.05) is 24.7 Å². The van der Waals surface area contributed by atoms with Crippen LogP contribution in [0.4, 0.5) is 5.69 Å². The summed E-state index contributed by atoms with van der Waals surface area (Å²) in [5, 5.41) is 9.55. The lowest BCUT2D eigenvalue weighted by molar-refractivity contribution is -0.134. The predicted octanol–water partition coefficient (Wildman–Crippen LogP) is 1.76. The summed E-state index contributed by atoms with van der Waals surface area (Å²) in [4.78, 5) is 13.8. The first-order chi connectivity index (χ1) is 8.63. The fourth-order valence-corrected chi connectivity index (χ4v) is 2.15. The summed E-state index contributed by atoms with van der Waals surface area (Å²) < 4.78 is 5.35. The van der Waals surface area contributed by atoms with Gasteiger partial charge in [-0.3, -0.25) is 4.79 Å². The number of carbonyl (C=O) groups is 1. The number of morpholine rings is 1. The molecule has 1 saturated heterocycles. The second-order valence-electron chi connectivity index (χ2n) is 4.30. The Labute approximate surface area is 111 Å². The Bertz CT molecular complexity index is 448. The number of benzene rings is 1. The molecule has 0 spiro atoms. The molecule has 98 valence electrons. The van der Waals surface area contributed by atoms with Gasteiger partial charge in [0.25, 0.3) is 5.91 Å². The van der Waals surface area contributed by atoms with Crippen molar-refractivity contribution in [2.45, 2.75) is 19.4 Å². The van der Waals surface area contributed by atoms with Gasteiger partial charge in [-0.25, -0.2) is 0 Å². The van der Waals surface area contributed by atoms with Crippen molar-refractivity contribution in [3.63, 3.8) is 0 Å². The molecule has 1 atom stereocenters. The number of nitrogens with zero attached hydrogens (tertiary/aromatic N) is 1. The molecule has 1 aromatic carbocycles. The van der Waals surface area contributed by atoms with Gasteiger partial charge in [0.05, 0.1) is 6.61 Å². The van der Waals surface area contributed by atoms with E-state index in [1.165, 1.54) is 0 Å². The summed E-state index contributed by atoms with van der Waals surface area (Å²) in [7, 11) is 0. The molecule has 1 amide bonds. The van der Waals surface area contributed by atoms with Crippen molar-refractivity contribution in [3.8, 4) is 0 Å². The molecular formula is C13H16ClNO3. The van der Waals surface area contributed by atoms with Crippen LogP contribution in [0.2, 0.25) is 5.02 Å². The molecule has 0 aliphatic carbocycles. The number of aliphatic hydroxyl groups is 1. The summed E-state index contributed by atoms with van der Waals surface area (Å²) >= 11 is 6.07. The van der Waals surface area contributed by atoms with E-state index < -0.39 is 6.10 Å². The van der Waals surface area contributed by atoms with E-state index in [1.54, 1.807) is 11.0 Å². The number of hydrogen-bond donors (Lipinski definition) is 1. The molecule has 2 rings (SSSR count). The first-order valence-corrected chi connectivity index (χ1v) is 6.31. The van der Waals surface area contributed by atoms with Crippen molar-refractivity contribution in [1.82, 2.24) is 0 Å². The number of ether oxygens (including phenoxy) is 1. The highest BCUT2D eigenvalue weighted by molar-refractivity contribution is 6.31. The summed E-state index contributed by atoms with van der Waals surface area (Å²) in [6.45, 7) is 2.85. The highest BCUT2D eigenvalue weighted by atomic mass is 35.5. The quantitative estimate of drug-likeness (QED) is 0.910. The number of carbonyl (C=O) groups excluding carboxylic acids is 1. The Morgan fingerprint density at radius 1 is 1.56 bits per heavy atom. The zero-order chi connectivity index (χ0) is 13.1. The lowest BCUT2D eigenvalue weighted by Gasteiger charge is -2.32. The van der Waals surface area contributed by atoms with E-state index in [0.29, 0.717) is 24.6 Å². The summed E-state index contributed by atoms with van der Waals surface area (Å²) in [5.41, 5.74) is 1.76. The van der Waals surface area contributed by atoms with Crippen LogP contribution in [0.25, 0.3) is 0 Å². The molecule has 0 saturated carbocycles. The first-order valence-electron chi connectivity index (χ1n) is 5.93. The van der Waals surface area contributed by atoms with E-state index in [9.17, 15) is 4.79 Å². The van der Waals surface area contributed by atoms with Gasteiger partial charge in [-0.1, -0.05) is 17.7 Å². The maximum absolute atomic E-state index is 12.2. The number of halogens is 1. The van der Waals surface area contributed by atoms with E-state index >= 15 is 0 Å². The topological polar surface area (TPSA) is 49.8 Å². The number of amides is 1. The molecule has 4 nitrogen and oxygen atoms in total. The molecule has 1 heterocycles. The van der Waals surface area contributed by atoms with Crippen molar-refractivity contribution in [2.24, 2.45) is 0 Å². The minimum Gasteiger partial charge on any atom is -0.396 e. The van der Waals surface area contributed by atoms with Crippen LogP contribution in [-0.2, 0) is 9.53 Å². The Balaban J connectivity index is 2.21. The van der Waals surface area contributed by atoms with Crippen LogP contribution in [0, 0.1) is 6.92 Å². The van der Waals surface area contributed by atoms with Gasteiger partial charge in [0.1, 0.15) is 6.10 Å². The molecular weight excluding hydrogens is 254 g/mol. The largest absolute Gasteiger partial charge is 0.396 e. The van der Waals surface area contributed by atoms with Crippen LogP contribution in [0.3, 0.4) is 0 Å². The van der Waals surface area contributed by atoms with Crippen molar-refractivity contribution in [1.29, 1.82) is 0 Å². The molecule has 0 radical (unpaired) electrons. The third-order valence-corrected chi connectivity index (χ3v) is 3.44. The molecule has 1 aromatic rings. The Hall–Kier alpha value is -1.10. The van der Waals surface area contributed by atoms with Gasteiger partial charge in [0, 0.05) is 30.3 Å². The van der Waals surface area contributed by atoms with Crippen LogP contribution in [0.5, 0.6) is 0 Å². The van der Waals surface area contributed by atoms with E-state index in [1.807, 2.05) is 19.1 Å². The SMILES string of the molecule is Cc1ccc(N2CCOC(CCO)C2=O)cc1Cl. The Morgan fingerprint density at radius 3 is 3.00 bits per heavy atom. The van der Waals surface area contributed by atoms with Crippen molar-refractivity contribution in [3.05, 3.63) is 28.8 Å². The minimum absolute atomic E-state index is 0.0566. The molecule has 5 heteroatoms.